The number of hydrogen-bond acceptors (Lipinski definition) is 2. The van der Waals surface area contributed by atoms with Crippen molar-refractivity contribution in [3.63, 3.8) is 0 Å². The molecule has 0 aromatic carbocycles. The molecule has 0 amide bonds. The first-order valence-electron chi connectivity index (χ1n) is 7.01. The van der Waals surface area contributed by atoms with Crippen LogP contribution >= 0.6 is 0 Å². The van der Waals surface area contributed by atoms with Gasteiger partial charge in [0.15, 0.2) is 5.96 Å². The summed E-state index contributed by atoms with van der Waals surface area (Å²) in [5.41, 5.74) is 6.38. The van der Waals surface area contributed by atoms with E-state index in [-0.39, 0.29) is 0 Å². The van der Waals surface area contributed by atoms with Gasteiger partial charge in [-0.25, -0.2) is 4.99 Å². The summed E-state index contributed by atoms with van der Waals surface area (Å²) in [6, 6.07) is 1.04. The Hall–Kier alpha value is -0.770. The van der Waals surface area contributed by atoms with Crippen LogP contribution in [-0.4, -0.2) is 30.8 Å². The van der Waals surface area contributed by atoms with E-state index in [1.165, 1.54) is 38.5 Å². The fraction of sp³-hybridized carbons (Fsp3) is 0.923. The van der Waals surface area contributed by atoms with Crippen molar-refractivity contribution in [2.45, 2.75) is 56.7 Å². The molecule has 3 N–H and O–H groups in total. The Bertz CT molecular complexity index is 360. The van der Waals surface area contributed by atoms with Gasteiger partial charge in [0, 0.05) is 24.0 Å². The second-order valence-corrected chi connectivity index (χ2v) is 6.21. The summed E-state index contributed by atoms with van der Waals surface area (Å²) in [4.78, 5) is 4.78. The molecule has 0 aromatic rings. The van der Waals surface area contributed by atoms with Gasteiger partial charge in [0.2, 0.25) is 0 Å². The summed E-state index contributed by atoms with van der Waals surface area (Å²) >= 11 is 0. The Morgan fingerprint density at radius 1 is 1.29 bits per heavy atom. The fourth-order valence-corrected chi connectivity index (χ4v) is 4.01. The summed E-state index contributed by atoms with van der Waals surface area (Å²) < 4.78 is 5.88. The number of nitrogens with one attached hydrogen (secondary N) is 1. The van der Waals surface area contributed by atoms with Gasteiger partial charge in [-0.1, -0.05) is 6.42 Å². The van der Waals surface area contributed by atoms with Gasteiger partial charge < -0.3 is 15.8 Å². The summed E-state index contributed by atoms with van der Waals surface area (Å²) in [5.74, 6) is 1.32. The van der Waals surface area contributed by atoms with E-state index in [4.69, 9.17) is 15.5 Å². The van der Waals surface area contributed by atoms with Gasteiger partial charge in [0.05, 0.1) is 12.1 Å². The Labute approximate surface area is 102 Å². The minimum atomic E-state index is 0.372. The molecule has 1 aliphatic heterocycles. The first kappa shape index (κ1) is 10.2. The maximum atomic E-state index is 6.01. The Kier molecular flexibility index (Phi) is 2.02. The molecule has 0 bridgehead atoms. The van der Waals surface area contributed by atoms with E-state index < -0.39 is 0 Å². The maximum Gasteiger partial charge on any atom is 0.189 e. The topological polar surface area (TPSA) is 59.6 Å². The SMILES string of the molecule is NC(=NC1C2CCOC2C12CCC2)NC1CC1. The van der Waals surface area contributed by atoms with Crippen LogP contribution in [0.25, 0.3) is 0 Å². The number of aliphatic imine (C=N–C) groups is 1. The zero-order chi connectivity index (χ0) is 11.5. The van der Waals surface area contributed by atoms with Crippen LogP contribution in [0.3, 0.4) is 0 Å². The predicted octanol–water partition coefficient (Wildman–Crippen LogP) is 1.01. The average Bonchev–Trinajstić information content (AvgIpc) is 2.92. The van der Waals surface area contributed by atoms with E-state index in [0.29, 0.717) is 35.5 Å². The first-order valence-corrected chi connectivity index (χ1v) is 7.01. The van der Waals surface area contributed by atoms with Gasteiger partial charge in [0.25, 0.3) is 0 Å². The number of fused-ring (bicyclic) bond motifs is 2. The van der Waals surface area contributed by atoms with Crippen molar-refractivity contribution in [1.29, 1.82) is 0 Å². The van der Waals surface area contributed by atoms with Crippen LogP contribution in [0.2, 0.25) is 0 Å². The Balaban J connectivity index is 1.51. The van der Waals surface area contributed by atoms with Gasteiger partial charge in [-0.05, 0) is 32.1 Å². The molecule has 4 heteroatoms. The molecule has 94 valence electrons. The van der Waals surface area contributed by atoms with Crippen LogP contribution in [0, 0.1) is 11.3 Å². The number of hydrogen-bond donors (Lipinski definition) is 2. The molecule has 4 fully saturated rings. The lowest BCUT2D eigenvalue weighted by Crippen LogP contribution is -2.66. The zero-order valence-corrected chi connectivity index (χ0v) is 10.2. The van der Waals surface area contributed by atoms with Gasteiger partial charge in [-0.2, -0.15) is 0 Å². The highest BCUT2D eigenvalue weighted by atomic mass is 16.5. The minimum absolute atomic E-state index is 0.372. The van der Waals surface area contributed by atoms with Crippen molar-refractivity contribution < 1.29 is 4.74 Å². The number of nitrogens with two attached hydrogens (primary N) is 1. The smallest absolute Gasteiger partial charge is 0.189 e. The summed E-state index contributed by atoms with van der Waals surface area (Å²) in [7, 11) is 0. The third-order valence-corrected chi connectivity index (χ3v) is 5.19. The van der Waals surface area contributed by atoms with Crippen LogP contribution in [0.5, 0.6) is 0 Å². The molecule has 1 spiro atoms. The monoisotopic (exact) mass is 235 g/mol. The lowest BCUT2D eigenvalue weighted by molar-refractivity contribution is -0.164. The van der Waals surface area contributed by atoms with E-state index >= 15 is 0 Å². The lowest BCUT2D eigenvalue weighted by Gasteiger charge is -2.61. The molecule has 0 aromatic heterocycles. The van der Waals surface area contributed by atoms with E-state index in [9.17, 15) is 0 Å². The summed E-state index contributed by atoms with van der Waals surface area (Å²) in [5, 5.41) is 3.31. The molecule has 3 aliphatic carbocycles. The highest BCUT2D eigenvalue weighted by Gasteiger charge is 2.66. The lowest BCUT2D eigenvalue weighted by atomic mass is 9.46. The molecular formula is C13H21N3O. The normalized spacial score (nSPS) is 42.8. The van der Waals surface area contributed by atoms with Crippen LogP contribution in [0.15, 0.2) is 4.99 Å². The van der Waals surface area contributed by atoms with Crippen molar-refractivity contribution in [3.8, 4) is 0 Å². The largest absolute Gasteiger partial charge is 0.377 e. The van der Waals surface area contributed by atoms with Crippen molar-refractivity contribution in [3.05, 3.63) is 0 Å². The number of guanidine groups is 1. The van der Waals surface area contributed by atoms with Gasteiger partial charge >= 0.3 is 0 Å². The Morgan fingerprint density at radius 2 is 2.12 bits per heavy atom. The van der Waals surface area contributed by atoms with Crippen LogP contribution < -0.4 is 11.1 Å². The van der Waals surface area contributed by atoms with Gasteiger partial charge in [-0.15, -0.1) is 0 Å². The van der Waals surface area contributed by atoms with Gasteiger partial charge in [0.1, 0.15) is 0 Å². The average molecular weight is 235 g/mol. The highest BCUT2D eigenvalue weighted by Crippen LogP contribution is 2.64. The standard InChI is InChI=1S/C13H21N3O/c14-12(15-8-2-3-8)16-10-9-4-7-17-11(9)13(10)5-1-6-13/h8-11H,1-7H2,(H3,14,15,16). The van der Waals surface area contributed by atoms with Crippen molar-refractivity contribution >= 4 is 5.96 Å². The van der Waals surface area contributed by atoms with Crippen LogP contribution in [0.4, 0.5) is 0 Å². The highest BCUT2D eigenvalue weighted by molar-refractivity contribution is 5.78. The Morgan fingerprint density at radius 3 is 2.76 bits per heavy atom. The third kappa shape index (κ3) is 1.36. The van der Waals surface area contributed by atoms with E-state index in [2.05, 4.69) is 5.32 Å². The molecular weight excluding hydrogens is 214 g/mol. The molecule has 3 atom stereocenters. The second-order valence-electron chi connectivity index (χ2n) is 6.21. The molecule has 3 saturated carbocycles. The predicted molar refractivity (Wildman–Crippen MR) is 65.7 cm³/mol. The molecule has 4 rings (SSSR count). The van der Waals surface area contributed by atoms with E-state index in [0.717, 1.165) is 6.61 Å². The van der Waals surface area contributed by atoms with Gasteiger partial charge in [-0.3, -0.25) is 0 Å². The molecule has 0 radical (unpaired) electrons. The van der Waals surface area contributed by atoms with Crippen molar-refractivity contribution in [1.82, 2.24) is 5.32 Å². The van der Waals surface area contributed by atoms with Crippen LogP contribution in [0.1, 0.15) is 38.5 Å². The summed E-state index contributed by atoms with van der Waals surface area (Å²) in [6.45, 7) is 0.930. The third-order valence-electron chi connectivity index (χ3n) is 5.19. The molecule has 1 heterocycles. The molecule has 3 unspecified atom stereocenters. The molecule has 1 saturated heterocycles. The van der Waals surface area contributed by atoms with Crippen molar-refractivity contribution in [2.75, 3.05) is 6.61 Å². The first-order chi connectivity index (χ1) is 8.29. The quantitative estimate of drug-likeness (QED) is 0.555. The number of nitrogens with zero attached hydrogens (tertiary/aromatic N) is 1. The zero-order valence-electron chi connectivity index (χ0n) is 10.2. The molecule has 4 nitrogen and oxygen atoms in total. The maximum absolute atomic E-state index is 6.01. The number of rotatable bonds is 2. The summed E-state index contributed by atoms with van der Waals surface area (Å²) in [6.07, 6.45) is 8.10. The van der Waals surface area contributed by atoms with Crippen LogP contribution in [-0.2, 0) is 4.74 Å². The molecule has 17 heavy (non-hydrogen) atoms. The second kappa shape index (κ2) is 3.37. The number of ether oxygens (including phenoxy) is 1. The molecule has 4 aliphatic rings. The minimum Gasteiger partial charge on any atom is -0.377 e. The van der Waals surface area contributed by atoms with E-state index in [1.807, 2.05) is 0 Å². The van der Waals surface area contributed by atoms with E-state index in [1.54, 1.807) is 0 Å². The fourth-order valence-electron chi connectivity index (χ4n) is 4.01. The van der Waals surface area contributed by atoms with Crippen molar-refractivity contribution in [2.24, 2.45) is 22.1 Å².